The predicted molar refractivity (Wildman–Crippen MR) is 170 cm³/mol. The van der Waals surface area contributed by atoms with Crippen molar-refractivity contribution in [3.05, 3.63) is 108 Å². The molecular weight excluding hydrogens is 618 g/mol. The van der Waals surface area contributed by atoms with Crippen LogP contribution in [-0.2, 0) is 5.41 Å². The van der Waals surface area contributed by atoms with Crippen molar-refractivity contribution in [2.24, 2.45) is 0 Å². The van der Waals surface area contributed by atoms with Gasteiger partial charge in [-0.2, -0.15) is 0 Å². The molecule has 0 bridgehead atoms. The maximum Gasteiger partial charge on any atom is 0.488 e. The van der Waals surface area contributed by atoms with Crippen molar-refractivity contribution in [1.82, 2.24) is 4.57 Å². The normalized spacial score (nSPS) is 12.2. The minimum atomic E-state index is -1.47. The van der Waals surface area contributed by atoms with Crippen molar-refractivity contribution in [2.75, 3.05) is 0 Å². The molecule has 0 spiro atoms. The lowest BCUT2D eigenvalue weighted by atomic mass is 9.75. The van der Waals surface area contributed by atoms with Gasteiger partial charge < -0.3 is 14.6 Å². The van der Waals surface area contributed by atoms with Gasteiger partial charge in [-0.15, -0.1) is 11.3 Å². The summed E-state index contributed by atoms with van der Waals surface area (Å²) in [6.45, 7) is 4.66. The smallest absolute Gasteiger partial charge is 0.423 e. The number of hydrogen-bond acceptors (Lipinski definition) is 3. The summed E-state index contributed by atoms with van der Waals surface area (Å²) in [7, 11) is -1.47. The van der Waals surface area contributed by atoms with Crippen molar-refractivity contribution >= 4 is 65.9 Å². The van der Waals surface area contributed by atoms with Gasteiger partial charge in [0.15, 0.2) is 0 Å². The molecule has 2 aromatic heterocycles. The lowest BCUT2D eigenvalue weighted by molar-refractivity contribution is 0.108. The van der Waals surface area contributed by atoms with E-state index in [4.69, 9.17) is 27.4 Å². The third-order valence-electron chi connectivity index (χ3n) is 8.40. The molecule has 3 nitrogen and oxygen atoms in total. The zero-order valence-electron chi connectivity index (χ0n) is 23.7. The van der Waals surface area contributed by atoms with Crippen LogP contribution in [0.5, 0.6) is 0 Å². The molecule has 0 unspecified atom stereocenters. The molecule has 7 aromatic rings. The van der Waals surface area contributed by atoms with E-state index in [2.05, 4.69) is 97.3 Å². The van der Waals surface area contributed by atoms with E-state index < -0.39 is 7.12 Å². The quantitative estimate of drug-likeness (QED) is 0.146. The highest BCUT2D eigenvalue weighted by atomic mass is 32.1. The highest BCUT2D eigenvalue weighted by molar-refractivity contribution is 7.25. The molecule has 0 fully saturated rings. The lowest BCUT2D eigenvalue weighted by Gasteiger charge is -2.34. The minimum absolute atomic E-state index is 0. The molecule has 5 aromatic carbocycles. The Hall–Kier alpha value is -4.39. The van der Waals surface area contributed by atoms with Crippen LogP contribution in [0.2, 0.25) is 0 Å². The van der Waals surface area contributed by atoms with Crippen molar-refractivity contribution < 1.29 is 42.2 Å². The number of thiophene rings is 1. The minimum Gasteiger partial charge on any atom is -0.423 e. The largest absolute Gasteiger partial charge is 0.488 e. The molecule has 0 amide bonds. The predicted octanol–water partition coefficient (Wildman–Crippen LogP) is 9.81. The topological polar surface area (TPSA) is 45.4 Å². The Bertz CT molecular complexity index is 2130. The fraction of sp³-hybridized carbons (Fsp3) is 0.0909. The van der Waals surface area contributed by atoms with Crippen LogP contribution in [0.4, 0.5) is 32.1 Å². The second kappa shape index (κ2) is 13.3. The van der Waals surface area contributed by atoms with Gasteiger partial charge in [-0.1, -0.05) is 74.5 Å². The van der Waals surface area contributed by atoms with Crippen molar-refractivity contribution in [1.29, 1.82) is 0 Å². The summed E-state index contributed by atoms with van der Waals surface area (Å²) in [5, 5.41) is 24.2. The van der Waals surface area contributed by atoms with Gasteiger partial charge >= 0.3 is 7.12 Å². The molecule has 232 valence electrons. The fourth-order valence-electron chi connectivity index (χ4n) is 6.48. The Balaban J connectivity index is 0.000000624. The first-order chi connectivity index (χ1) is 21.4. The van der Waals surface area contributed by atoms with Gasteiger partial charge in [0.1, 0.15) is 0 Å². The van der Waals surface area contributed by atoms with Gasteiger partial charge in [0.05, 0.1) is 16.7 Å². The molecule has 0 saturated heterocycles. The molecule has 45 heavy (non-hydrogen) atoms. The first-order valence-corrected chi connectivity index (χ1v) is 14.2. The zero-order chi connectivity index (χ0) is 31.8. The number of para-hydroxylation sites is 2. The number of hydrogen-bond donors (Lipinski definition) is 2. The van der Waals surface area contributed by atoms with E-state index in [-0.39, 0.29) is 10.1 Å². The van der Waals surface area contributed by atoms with Crippen LogP contribution in [0.25, 0.3) is 58.8 Å². The molecule has 0 atom stereocenters. The third kappa shape index (κ3) is 5.22. The average molecular weight is 643 g/mol. The van der Waals surface area contributed by atoms with Crippen LogP contribution in [0.1, 0.15) is 25.0 Å². The molecular formula is C33H25BF7NO2S. The molecule has 12 heteroatoms. The van der Waals surface area contributed by atoms with E-state index in [0.717, 1.165) is 21.0 Å². The summed E-state index contributed by atoms with van der Waals surface area (Å²) in [5.41, 5.74) is 9.27. The Morgan fingerprint density at radius 1 is 0.622 bits per heavy atom. The SMILES string of the molecule is CC1(C)c2ccccc2-n2c3ccc(-c4ccc5sc6ccc(B(O)O)cc6c5c4)cc3c3cccc1c32.F.FF.FF.FF. The standard InChI is InChI=1S/C33H24BNO2S.3F2.FH/c1-33(2)26-7-3-4-9-29(26)35-28-13-10-19(16-23(28)22-6-5-8-27(33)32(22)35)20-11-14-30-24(17-20)25-18-21(34(36)37)12-15-31(25)38-30;3*1-2;/h3-18,36-37H,1-2H3;;;;1H. The zero-order valence-corrected chi connectivity index (χ0v) is 24.6. The summed E-state index contributed by atoms with van der Waals surface area (Å²) in [6, 6.07) is 34.6. The molecule has 0 saturated carbocycles. The molecule has 1 aliphatic heterocycles. The second-order valence-electron chi connectivity index (χ2n) is 10.9. The van der Waals surface area contributed by atoms with Gasteiger partial charge in [0.2, 0.25) is 0 Å². The number of fused-ring (bicyclic) bond motifs is 8. The van der Waals surface area contributed by atoms with E-state index >= 15 is 0 Å². The van der Waals surface area contributed by atoms with Crippen LogP contribution < -0.4 is 5.46 Å². The van der Waals surface area contributed by atoms with Crippen molar-refractivity contribution in [3.8, 4) is 16.8 Å². The van der Waals surface area contributed by atoms with Gasteiger partial charge in [-0.25, -0.2) is 0 Å². The van der Waals surface area contributed by atoms with Crippen molar-refractivity contribution in [3.63, 3.8) is 0 Å². The Morgan fingerprint density at radius 2 is 1.20 bits per heavy atom. The van der Waals surface area contributed by atoms with Gasteiger partial charge in [0.25, 0.3) is 0 Å². The van der Waals surface area contributed by atoms with E-state index in [1.165, 1.54) is 48.9 Å². The second-order valence-corrected chi connectivity index (χ2v) is 11.9. The van der Waals surface area contributed by atoms with E-state index in [0.29, 0.717) is 5.46 Å². The van der Waals surface area contributed by atoms with Crippen LogP contribution in [0, 0.1) is 0 Å². The molecule has 3 heterocycles. The third-order valence-corrected chi connectivity index (χ3v) is 9.56. The van der Waals surface area contributed by atoms with E-state index in [9.17, 15) is 10.0 Å². The summed E-state index contributed by atoms with van der Waals surface area (Å²) < 4.78 is 52.8. The first kappa shape index (κ1) is 33.5. The van der Waals surface area contributed by atoms with Crippen LogP contribution in [0.15, 0.2) is 97.1 Å². The molecule has 2 N–H and O–H groups in total. The monoisotopic (exact) mass is 643 g/mol. The summed E-state index contributed by atoms with van der Waals surface area (Å²) in [4.78, 5) is 0. The highest BCUT2D eigenvalue weighted by Gasteiger charge is 2.34. The highest BCUT2D eigenvalue weighted by Crippen LogP contribution is 2.48. The Morgan fingerprint density at radius 3 is 1.89 bits per heavy atom. The van der Waals surface area contributed by atoms with E-state index in [1.54, 1.807) is 17.4 Å². The summed E-state index contributed by atoms with van der Waals surface area (Å²) in [6.07, 6.45) is 0. The number of halogens is 7. The Kier molecular flexibility index (Phi) is 9.91. The van der Waals surface area contributed by atoms with Crippen molar-refractivity contribution in [2.45, 2.75) is 19.3 Å². The molecule has 1 aliphatic rings. The molecule has 8 rings (SSSR count). The fourth-order valence-corrected chi connectivity index (χ4v) is 7.55. The molecule has 0 aliphatic carbocycles. The maximum atomic E-state index is 9.71. The summed E-state index contributed by atoms with van der Waals surface area (Å²) in [5.74, 6) is 0. The van der Waals surface area contributed by atoms with Crippen LogP contribution in [-0.4, -0.2) is 21.7 Å². The number of nitrogens with zero attached hydrogens (tertiary/aromatic N) is 1. The van der Waals surface area contributed by atoms with Gasteiger partial charge in [-0.3, -0.25) is 4.70 Å². The lowest BCUT2D eigenvalue weighted by Crippen LogP contribution is -2.29. The average Bonchev–Trinajstić information content (AvgIpc) is 3.61. The van der Waals surface area contributed by atoms with Gasteiger partial charge in [-0.05, 0) is 69.5 Å². The van der Waals surface area contributed by atoms with Crippen LogP contribution >= 0.6 is 11.3 Å². The van der Waals surface area contributed by atoms with Crippen LogP contribution in [0.3, 0.4) is 0 Å². The summed E-state index contributed by atoms with van der Waals surface area (Å²) >= 11 is 1.73. The Labute approximate surface area is 256 Å². The van der Waals surface area contributed by atoms with E-state index in [1.807, 2.05) is 12.1 Å². The first-order valence-electron chi connectivity index (χ1n) is 13.3. The maximum absolute atomic E-state index is 9.71. The molecule has 0 radical (unpaired) electrons. The van der Waals surface area contributed by atoms with Gasteiger partial charge in [0, 0.05) is 58.4 Å². The number of rotatable bonds is 2. The number of benzene rings is 5. The number of aromatic nitrogens is 1.